The van der Waals surface area contributed by atoms with Crippen molar-refractivity contribution in [3.8, 4) is 0 Å². The fourth-order valence-corrected chi connectivity index (χ4v) is 2.59. The number of hydrogen-bond acceptors (Lipinski definition) is 2. The number of piperidine rings is 1. The summed E-state index contributed by atoms with van der Waals surface area (Å²) in [5, 5.41) is 6.46. The normalized spacial score (nSPS) is 21.4. The Morgan fingerprint density at radius 2 is 2.00 bits per heavy atom. The third kappa shape index (κ3) is 4.50. The Hall–Kier alpha value is -1.06. The first-order chi connectivity index (χ1) is 9.18. The molecule has 2 N–H and O–H groups in total. The maximum atomic E-state index is 12.2. The predicted octanol–water partition coefficient (Wildman–Crippen LogP) is 2.72. The van der Waals surface area contributed by atoms with Crippen LogP contribution in [0.3, 0.4) is 0 Å². The number of amides is 1. The molecule has 112 valence electrons. The van der Waals surface area contributed by atoms with Crippen LogP contribution in [0.4, 0.5) is 0 Å². The van der Waals surface area contributed by atoms with Crippen LogP contribution in [0, 0.1) is 5.92 Å². The van der Waals surface area contributed by atoms with Gasteiger partial charge in [-0.3, -0.25) is 4.79 Å². The molecule has 20 heavy (non-hydrogen) atoms. The van der Waals surface area contributed by atoms with Crippen molar-refractivity contribution >= 4 is 18.3 Å². The molecule has 1 saturated heterocycles. The van der Waals surface area contributed by atoms with Crippen LogP contribution < -0.4 is 10.6 Å². The van der Waals surface area contributed by atoms with Crippen LogP contribution in [0.25, 0.3) is 0 Å². The molecular weight excluding hydrogens is 272 g/mol. The van der Waals surface area contributed by atoms with E-state index in [0.717, 1.165) is 25.9 Å². The van der Waals surface area contributed by atoms with Gasteiger partial charge in [0.05, 0.1) is 5.92 Å². The van der Waals surface area contributed by atoms with E-state index in [-0.39, 0.29) is 30.3 Å². The van der Waals surface area contributed by atoms with Gasteiger partial charge in [-0.2, -0.15) is 0 Å². The summed E-state index contributed by atoms with van der Waals surface area (Å²) in [5.74, 6) is 0.670. The Kier molecular flexibility index (Phi) is 7.03. The Bertz CT molecular complexity index is 404. The van der Waals surface area contributed by atoms with Gasteiger partial charge in [-0.25, -0.2) is 0 Å². The van der Waals surface area contributed by atoms with Crippen LogP contribution in [-0.4, -0.2) is 25.0 Å². The molecule has 1 aliphatic rings. The van der Waals surface area contributed by atoms with Gasteiger partial charge in [-0.05, 0) is 31.9 Å². The second-order valence-electron chi connectivity index (χ2n) is 5.54. The molecule has 3 unspecified atom stereocenters. The summed E-state index contributed by atoms with van der Waals surface area (Å²) in [7, 11) is 0. The topological polar surface area (TPSA) is 41.1 Å². The predicted molar refractivity (Wildman–Crippen MR) is 85.3 cm³/mol. The molecule has 2 rings (SSSR count). The van der Waals surface area contributed by atoms with E-state index in [9.17, 15) is 4.79 Å². The van der Waals surface area contributed by atoms with Gasteiger partial charge in [0, 0.05) is 18.5 Å². The molecule has 0 aromatic heterocycles. The van der Waals surface area contributed by atoms with Crippen molar-refractivity contribution in [2.24, 2.45) is 5.92 Å². The van der Waals surface area contributed by atoms with Crippen LogP contribution in [0.5, 0.6) is 0 Å². The van der Waals surface area contributed by atoms with Crippen LogP contribution in [0.2, 0.25) is 0 Å². The summed E-state index contributed by atoms with van der Waals surface area (Å²) in [5.41, 5.74) is 1.28. The van der Waals surface area contributed by atoms with E-state index in [4.69, 9.17) is 0 Å². The highest BCUT2D eigenvalue weighted by molar-refractivity contribution is 5.85. The minimum absolute atomic E-state index is 0. The summed E-state index contributed by atoms with van der Waals surface area (Å²) >= 11 is 0. The minimum Gasteiger partial charge on any atom is -0.353 e. The summed E-state index contributed by atoms with van der Waals surface area (Å²) < 4.78 is 0. The molecule has 4 heteroatoms. The standard InChI is InChI=1S/C16H24N2O.ClH/c1-12(14-7-4-3-5-8-14)13(2)18-16(19)15-9-6-10-17-11-15;/h3-5,7-8,12-13,15,17H,6,9-11H2,1-2H3,(H,18,19);1H. The van der Waals surface area contributed by atoms with Gasteiger partial charge in [-0.1, -0.05) is 37.3 Å². The fraction of sp³-hybridized carbons (Fsp3) is 0.562. The number of carbonyl (C=O) groups is 1. The van der Waals surface area contributed by atoms with Crippen molar-refractivity contribution < 1.29 is 4.79 Å². The Balaban J connectivity index is 0.00000200. The molecule has 1 aromatic rings. The lowest BCUT2D eigenvalue weighted by molar-refractivity contribution is -0.126. The van der Waals surface area contributed by atoms with Crippen molar-refractivity contribution in [2.75, 3.05) is 13.1 Å². The maximum Gasteiger partial charge on any atom is 0.224 e. The lowest BCUT2D eigenvalue weighted by Crippen LogP contribution is -2.44. The third-order valence-electron chi connectivity index (χ3n) is 4.11. The molecule has 1 amide bonds. The maximum absolute atomic E-state index is 12.2. The highest BCUT2D eigenvalue weighted by Crippen LogP contribution is 2.19. The van der Waals surface area contributed by atoms with Crippen LogP contribution in [0.1, 0.15) is 38.2 Å². The summed E-state index contributed by atoms with van der Waals surface area (Å²) in [6.07, 6.45) is 2.10. The van der Waals surface area contributed by atoms with Crippen molar-refractivity contribution in [2.45, 2.75) is 38.6 Å². The van der Waals surface area contributed by atoms with E-state index in [1.807, 2.05) is 18.2 Å². The molecule has 0 aliphatic carbocycles. The van der Waals surface area contributed by atoms with Gasteiger partial charge in [0.1, 0.15) is 0 Å². The molecule has 0 spiro atoms. The number of benzene rings is 1. The number of nitrogens with one attached hydrogen (secondary N) is 2. The van der Waals surface area contributed by atoms with Gasteiger partial charge in [0.15, 0.2) is 0 Å². The van der Waals surface area contributed by atoms with Crippen molar-refractivity contribution in [1.29, 1.82) is 0 Å². The highest BCUT2D eigenvalue weighted by atomic mass is 35.5. The Morgan fingerprint density at radius 3 is 2.60 bits per heavy atom. The van der Waals surface area contributed by atoms with E-state index in [0.29, 0.717) is 5.92 Å². The van der Waals surface area contributed by atoms with Gasteiger partial charge < -0.3 is 10.6 Å². The molecule has 0 saturated carbocycles. The van der Waals surface area contributed by atoms with E-state index in [1.54, 1.807) is 0 Å². The zero-order chi connectivity index (χ0) is 13.7. The largest absolute Gasteiger partial charge is 0.353 e. The average molecular weight is 297 g/mol. The SMILES string of the molecule is CC(NC(=O)C1CCCNC1)C(C)c1ccccc1.Cl. The molecule has 1 heterocycles. The lowest BCUT2D eigenvalue weighted by Gasteiger charge is -2.27. The van der Waals surface area contributed by atoms with Crippen LogP contribution in [0.15, 0.2) is 30.3 Å². The van der Waals surface area contributed by atoms with Crippen LogP contribution in [-0.2, 0) is 4.79 Å². The molecule has 3 nitrogen and oxygen atoms in total. The monoisotopic (exact) mass is 296 g/mol. The summed E-state index contributed by atoms with van der Waals surface area (Å²) in [6, 6.07) is 10.5. The minimum atomic E-state index is 0. The second kappa shape index (κ2) is 8.28. The van der Waals surface area contributed by atoms with Gasteiger partial charge in [-0.15, -0.1) is 12.4 Å². The van der Waals surface area contributed by atoms with Gasteiger partial charge in [0.25, 0.3) is 0 Å². The molecule has 3 atom stereocenters. The zero-order valence-corrected chi connectivity index (χ0v) is 13.1. The number of rotatable bonds is 4. The van der Waals surface area contributed by atoms with Crippen molar-refractivity contribution in [3.63, 3.8) is 0 Å². The van der Waals surface area contributed by atoms with Crippen LogP contribution >= 0.6 is 12.4 Å². The number of hydrogen-bond donors (Lipinski definition) is 2. The molecule has 0 bridgehead atoms. The molecule has 0 radical (unpaired) electrons. The quantitative estimate of drug-likeness (QED) is 0.897. The fourth-order valence-electron chi connectivity index (χ4n) is 2.59. The molecule has 1 aliphatic heterocycles. The zero-order valence-electron chi connectivity index (χ0n) is 12.3. The highest BCUT2D eigenvalue weighted by Gasteiger charge is 2.24. The first kappa shape index (κ1) is 17.0. The van der Waals surface area contributed by atoms with E-state index in [1.165, 1.54) is 5.56 Å². The smallest absolute Gasteiger partial charge is 0.224 e. The first-order valence-electron chi connectivity index (χ1n) is 7.24. The molecule has 1 aromatic carbocycles. The molecular formula is C16H25ClN2O. The van der Waals surface area contributed by atoms with Crippen molar-refractivity contribution in [3.05, 3.63) is 35.9 Å². The average Bonchev–Trinajstić information content (AvgIpc) is 2.48. The first-order valence-corrected chi connectivity index (χ1v) is 7.24. The van der Waals surface area contributed by atoms with Gasteiger partial charge >= 0.3 is 0 Å². The number of carbonyl (C=O) groups excluding carboxylic acids is 1. The van der Waals surface area contributed by atoms with E-state index < -0.39 is 0 Å². The second-order valence-corrected chi connectivity index (χ2v) is 5.54. The van der Waals surface area contributed by atoms with E-state index >= 15 is 0 Å². The molecule has 1 fully saturated rings. The Labute approximate surface area is 127 Å². The lowest BCUT2D eigenvalue weighted by atomic mass is 9.93. The van der Waals surface area contributed by atoms with E-state index in [2.05, 4.69) is 36.6 Å². The summed E-state index contributed by atoms with van der Waals surface area (Å²) in [6.45, 7) is 6.11. The van der Waals surface area contributed by atoms with Gasteiger partial charge in [0.2, 0.25) is 5.91 Å². The van der Waals surface area contributed by atoms with Crippen molar-refractivity contribution in [1.82, 2.24) is 10.6 Å². The number of halogens is 1. The Morgan fingerprint density at radius 1 is 1.30 bits per heavy atom. The third-order valence-corrected chi connectivity index (χ3v) is 4.11. The summed E-state index contributed by atoms with van der Waals surface area (Å²) in [4.78, 5) is 12.2.